The van der Waals surface area contributed by atoms with E-state index in [-0.39, 0.29) is 12.2 Å². The van der Waals surface area contributed by atoms with Gasteiger partial charge in [-0.05, 0) is 55.3 Å². The molecule has 0 saturated heterocycles. The number of fused-ring (bicyclic) bond motifs is 2. The smallest absolute Gasteiger partial charge is 0.338 e. The van der Waals surface area contributed by atoms with Gasteiger partial charge in [0.05, 0.1) is 40.1 Å². The SMILES string of the molecule is CCOC(=O)C1=C(C)N=c2s/c(=C\c3cn(Cc4ccccc4C#N)c4ccccc34)c(=O)n2[C@@H]1c1ccc(N(C)C)cc1. The lowest BCUT2D eigenvalue weighted by Crippen LogP contribution is -2.39. The molecule has 0 N–H and O–H groups in total. The van der Waals surface area contributed by atoms with Gasteiger partial charge in [0, 0.05) is 49.0 Å². The third-order valence-corrected chi connectivity index (χ3v) is 8.81. The third-order valence-electron chi connectivity index (χ3n) is 7.83. The molecule has 0 bridgehead atoms. The van der Waals surface area contributed by atoms with Gasteiger partial charge < -0.3 is 14.2 Å². The molecule has 1 atom stereocenters. The maximum Gasteiger partial charge on any atom is 0.338 e. The monoisotopic (exact) mass is 601 g/mol. The van der Waals surface area contributed by atoms with Crippen molar-refractivity contribution in [2.24, 2.45) is 4.99 Å². The fourth-order valence-corrected chi connectivity index (χ4v) is 6.71. The molecule has 0 unspecified atom stereocenters. The van der Waals surface area contributed by atoms with Crippen LogP contribution in [-0.2, 0) is 16.1 Å². The lowest BCUT2D eigenvalue weighted by Gasteiger charge is -2.25. The van der Waals surface area contributed by atoms with Gasteiger partial charge in [0.2, 0.25) is 0 Å². The van der Waals surface area contributed by atoms with Crippen LogP contribution in [0.5, 0.6) is 0 Å². The van der Waals surface area contributed by atoms with Gasteiger partial charge >= 0.3 is 5.97 Å². The van der Waals surface area contributed by atoms with Crippen molar-refractivity contribution in [2.75, 3.05) is 25.6 Å². The minimum absolute atomic E-state index is 0.217. The van der Waals surface area contributed by atoms with E-state index >= 15 is 0 Å². The molecule has 1 aliphatic heterocycles. The van der Waals surface area contributed by atoms with Gasteiger partial charge in [-0.2, -0.15) is 5.26 Å². The molecular weight excluding hydrogens is 570 g/mol. The van der Waals surface area contributed by atoms with Gasteiger partial charge in [-0.1, -0.05) is 59.9 Å². The van der Waals surface area contributed by atoms with E-state index in [4.69, 9.17) is 9.73 Å². The number of allylic oxidation sites excluding steroid dienone is 1. The number of hydrogen-bond acceptors (Lipinski definition) is 7. The summed E-state index contributed by atoms with van der Waals surface area (Å²) in [5.41, 5.74) is 5.91. The fraction of sp³-hybridized carbons (Fsp3) is 0.200. The second-order valence-corrected chi connectivity index (χ2v) is 11.8. The van der Waals surface area contributed by atoms with E-state index in [1.54, 1.807) is 18.4 Å². The summed E-state index contributed by atoms with van der Waals surface area (Å²) in [6.45, 7) is 4.29. The number of ether oxygens (including phenoxy) is 1. The highest BCUT2D eigenvalue weighted by Crippen LogP contribution is 2.32. The first-order valence-electron chi connectivity index (χ1n) is 14.3. The first kappa shape index (κ1) is 28.9. The predicted octanol–water partition coefficient (Wildman–Crippen LogP) is 4.74. The average Bonchev–Trinajstić information content (AvgIpc) is 3.52. The number of anilines is 1. The van der Waals surface area contributed by atoms with Crippen LogP contribution in [0.2, 0.25) is 0 Å². The van der Waals surface area contributed by atoms with Gasteiger partial charge in [-0.25, -0.2) is 9.79 Å². The zero-order chi connectivity index (χ0) is 31.0. The molecule has 1 aliphatic rings. The van der Waals surface area contributed by atoms with Gasteiger partial charge in [0.15, 0.2) is 4.80 Å². The Labute approximate surface area is 258 Å². The first-order valence-corrected chi connectivity index (χ1v) is 15.1. The van der Waals surface area contributed by atoms with E-state index in [1.165, 1.54) is 11.3 Å². The molecule has 44 heavy (non-hydrogen) atoms. The van der Waals surface area contributed by atoms with Crippen LogP contribution in [0.15, 0.2) is 100 Å². The summed E-state index contributed by atoms with van der Waals surface area (Å²) in [7, 11) is 3.93. The molecule has 3 heterocycles. The highest BCUT2D eigenvalue weighted by Gasteiger charge is 2.33. The van der Waals surface area contributed by atoms with Gasteiger partial charge in [-0.3, -0.25) is 9.36 Å². The normalized spacial score (nSPS) is 14.7. The number of nitrogens with zero attached hydrogens (tertiary/aromatic N) is 5. The van der Waals surface area contributed by atoms with Crippen LogP contribution < -0.4 is 19.8 Å². The minimum Gasteiger partial charge on any atom is -0.463 e. The first-order chi connectivity index (χ1) is 21.3. The van der Waals surface area contributed by atoms with Crippen LogP contribution in [0.4, 0.5) is 5.69 Å². The molecule has 0 aliphatic carbocycles. The number of carbonyl (C=O) groups excluding carboxylic acids is 1. The van der Waals surface area contributed by atoms with Gasteiger partial charge in [0.25, 0.3) is 5.56 Å². The topological polar surface area (TPSA) is 92.6 Å². The average molecular weight is 602 g/mol. The summed E-state index contributed by atoms with van der Waals surface area (Å²) in [5.74, 6) is -0.481. The second-order valence-electron chi connectivity index (χ2n) is 10.8. The highest BCUT2D eigenvalue weighted by atomic mass is 32.1. The Kier molecular flexibility index (Phi) is 7.77. The summed E-state index contributed by atoms with van der Waals surface area (Å²) in [6.07, 6.45) is 3.91. The lowest BCUT2D eigenvalue weighted by molar-refractivity contribution is -0.139. The fourth-order valence-electron chi connectivity index (χ4n) is 5.67. The Morgan fingerprint density at radius 1 is 1.09 bits per heavy atom. The number of para-hydroxylation sites is 1. The van der Waals surface area contributed by atoms with Gasteiger partial charge in [-0.15, -0.1) is 0 Å². The molecule has 9 heteroatoms. The number of esters is 1. The Bertz CT molecular complexity index is 2160. The molecule has 6 rings (SSSR count). The molecule has 220 valence electrons. The summed E-state index contributed by atoms with van der Waals surface area (Å²) in [4.78, 5) is 34.7. The largest absolute Gasteiger partial charge is 0.463 e. The maximum atomic E-state index is 14.2. The maximum absolute atomic E-state index is 14.2. The molecule has 0 saturated carbocycles. The van der Waals surface area contributed by atoms with Crippen molar-refractivity contribution in [2.45, 2.75) is 26.4 Å². The number of thiazole rings is 1. The quantitative estimate of drug-likeness (QED) is 0.252. The number of carbonyl (C=O) groups is 1. The summed E-state index contributed by atoms with van der Waals surface area (Å²) in [6, 6.07) is 25.0. The number of hydrogen-bond donors (Lipinski definition) is 0. The van der Waals surface area contributed by atoms with E-state index in [0.29, 0.717) is 32.7 Å². The van der Waals surface area contributed by atoms with Gasteiger partial charge in [0.1, 0.15) is 0 Å². The third kappa shape index (κ3) is 5.14. The number of rotatable bonds is 7. The van der Waals surface area contributed by atoms with Crippen LogP contribution in [0.1, 0.15) is 42.1 Å². The Hall–Kier alpha value is -5.20. The van der Waals surface area contributed by atoms with Crippen molar-refractivity contribution >= 4 is 40.0 Å². The van der Waals surface area contributed by atoms with Crippen molar-refractivity contribution in [1.29, 1.82) is 5.26 Å². The number of benzene rings is 3. The molecular formula is C35H31N5O3S. The number of nitriles is 1. The van der Waals surface area contributed by atoms with Crippen molar-refractivity contribution in [3.8, 4) is 6.07 Å². The predicted molar refractivity (Wildman–Crippen MR) is 173 cm³/mol. The highest BCUT2D eigenvalue weighted by molar-refractivity contribution is 7.07. The molecule has 5 aromatic rings. The molecule has 2 aromatic heterocycles. The Morgan fingerprint density at radius 3 is 2.55 bits per heavy atom. The summed E-state index contributed by atoms with van der Waals surface area (Å²) >= 11 is 1.30. The molecule has 3 aromatic carbocycles. The lowest BCUT2D eigenvalue weighted by atomic mass is 9.95. The summed E-state index contributed by atoms with van der Waals surface area (Å²) < 4.78 is 9.66. The van der Waals surface area contributed by atoms with Crippen molar-refractivity contribution in [3.05, 3.63) is 132 Å². The number of aromatic nitrogens is 2. The zero-order valence-electron chi connectivity index (χ0n) is 24.9. The molecule has 0 fully saturated rings. The Balaban J connectivity index is 1.51. The van der Waals surface area contributed by atoms with E-state index in [1.807, 2.05) is 104 Å². The van der Waals surface area contributed by atoms with E-state index in [2.05, 4.69) is 10.6 Å². The van der Waals surface area contributed by atoms with Crippen molar-refractivity contribution in [3.63, 3.8) is 0 Å². The van der Waals surface area contributed by atoms with Crippen LogP contribution in [0.3, 0.4) is 0 Å². The van der Waals surface area contributed by atoms with Crippen LogP contribution >= 0.6 is 11.3 Å². The van der Waals surface area contributed by atoms with Crippen molar-refractivity contribution in [1.82, 2.24) is 9.13 Å². The molecule has 0 amide bonds. The minimum atomic E-state index is -0.674. The zero-order valence-corrected chi connectivity index (χ0v) is 25.8. The van der Waals surface area contributed by atoms with Crippen molar-refractivity contribution < 1.29 is 9.53 Å². The second kappa shape index (κ2) is 11.8. The van der Waals surface area contributed by atoms with Crippen LogP contribution in [0.25, 0.3) is 17.0 Å². The van der Waals surface area contributed by atoms with Crippen LogP contribution in [0, 0.1) is 11.3 Å². The molecule has 0 spiro atoms. The summed E-state index contributed by atoms with van der Waals surface area (Å²) in [5, 5.41) is 10.6. The van der Waals surface area contributed by atoms with E-state index < -0.39 is 12.0 Å². The van der Waals surface area contributed by atoms with E-state index in [9.17, 15) is 14.9 Å². The molecule has 8 nitrogen and oxygen atoms in total. The standard InChI is InChI=1S/C35H31N5O3S/c1-5-43-34(42)31-22(2)37-35-40(32(31)23-14-16-27(17-15-23)38(3)4)33(41)30(44-35)18-26-21-39(29-13-9-8-12-28(26)29)20-25-11-7-6-10-24(25)19-36/h6-18,21,32H,5,20H2,1-4H3/b30-18-/t32-/m1/s1. The van der Waals surface area contributed by atoms with Crippen LogP contribution in [-0.4, -0.2) is 35.8 Å². The molecule has 0 radical (unpaired) electrons. The Morgan fingerprint density at radius 2 is 1.82 bits per heavy atom. The van der Waals surface area contributed by atoms with E-state index in [0.717, 1.165) is 33.3 Å².